The average Bonchev–Trinajstić information content (AvgIpc) is 3.18. The van der Waals surface area contributed by atoms with Gasteiger partial charge in [-0.1, -0.05) is 5.16 Å². The molecule has 7 nitrogen and oxygen atoms in total. The summed E-state index contributed by atoms with van der Waals surface area (Å²) in [6.45, 7) is 9.79. The standard InChI is InChI=1S/C16H20N6O/c1-9-7-10(2)22(19-9)13-5-6-21(8-13)15-14-11(3)20-23-16(14)18-12(4)17-15/h7,13H,5-6,8H2,1-4H3. The Balaban J connectivity index is 1.70. The van der Waals surface area contributed by atoms with E-state index in [9.17, 15) is 0 Å². The molecule has 1 unspecified atom stereocenters. The second kappa shape index (κ2) is 5.04. The van der Waals surface area contributed by atoms with Crippen molar-refractivity contribution in [1.82, 2.24) is 24.9 Å². The summed E-state index contributed by atoms with van der Waals surface area (Å²) in [6, 6.07) is 2.49. The number of anilines is 1. The third-order valence-corrected chi connectivity index (χ3v) is 4.45. The fourth-order valence-electron chi connectivity index (χ4n) is 3.45. The highest BCUT2D eigenvalue weighted by Crippen LogP contribution is 2.32. The molecule has 23 heavy (non-hydrogen) atoms. The predicted octanol–water partition coefficient (Wildman–Crippen LogP) is 2.50. The molecule has 0 N–H and O–H groups in total. The fourth-order valence-corrected chi connectivity index (χ4v) is 3.45. The van der Waals surface area contributed by atoms with Crippen molar-refractivity contribution < 1.29 is 4.52 Å². The predicted molar refractivity (Wildman–Crippen MR) is 86.6 cm³/mol. The van der Waals surface area contributed by atoms with E-state index in [4.69, 9.17) is 4.52 Å². The molecule has 1 aliphatic rings. The lowest BCUT2D eigenvalue weighted by molar-refractivity contribution is 0.442. The van der Waals surface area contributed by atoms with Crippen LogP contribution in [0.2, 0.25) is 0 Å². The first-order chi connectivity index (χ1) is 11.0. The van der Waals surface area contributed by atoms with Crippen LogP contribution in [-0.2, 0) is 0 Å². The molecule has 0 bridgehead atoms. The number of aromatic nitrogens is 5. The van der Waals surface area contributed by atoms with Gasteiger partial charge in [-0.15, -0.1) is 0 Å². The Morgan fingerprint density at radius 3 is 2.74 bits per heavy atom. The Hall–Kier alpha value is -2.44. The molecule has 0 radical (unpaired) electrons. The largest absolute Gasteiger partial charge is 0.354 e. The lowest BCUT2D eigenvalue weighted by Crippen LogP contribution is -2.23. The van der Waals surface area contributed by atoms with Crippen molar-refractivity contribution in [2.24, 2.45) is 0 Å². The third-order valence-electron chi connectivity index (χ3n) is 4.45. The van der Waals surface area contributed by atoms with Crippen molar-refractivity contribution in [1.29, 1.82) is 0 Å². The van der Waals surface area contributed by atoms with Gasteiger partial charge in [-0.25, -0.2) is 4.98 Å². The lowest BCUT2D eigenvalue weighted by Gasteiger charge is -2.19. The number of aryl methyl sites for hydroxylation is 4. The van der Waals surface area contributed by atoms with Crippen LogP contribution >= 0.6 is 0 Å². The van der Waals surface area contributed by atoms with E-state index in [0.29, 0.717) is 17.6 Å². The summed E-state index contributed by atoms with van der Waals surface area (Å²) < 4.78 is 7.46. The van der Waals surface area contributed by atoms with Gasteiger partial charge in [0, 0.05) is 18.8 Å². The van der Waals surface area contributed by atoms with Crippen molar-refractivity contribution in [2.45, 2.75) is 40.2 Å². The molecule has 0 amide bonds. The topological polar surface area (TPSA) is 72.9 Å². The van der Waals surface area contributed by atoms with Crippen molar-refractivity contribution in [3.05, 3.63) is 29.0 Å². The maximum atomic E-state index is 5.32. The number of rotatable bonds is 2. The second-order valence-corrected chi connectivity index (χ2v) is 6.30. The molecule has 3 aromatic rings. The maximum absolute atomic E-state index is 5.32. The first-order valence-corrected chi connectivity index (χ1v) is 7.91. The van der Waals surface area contributed by atoms with Crippen LogP contribution in [0.25, 0.3) is 11.1 Å². The maximum Gasteiger partial charge on any atom is 0.263 e. The van der Waals surface area contributed by atoms with Gasteiger partial charge in [-0.2, -0.15) is 10.1 Å². The van der Waals surface area contributed by atoms with Gasteiger partial charge >= 0.3 is 0 Å². The minimum atomic E-state index is 0.370. The van der Waals surface area contributed by atoms with Gasteiger partial charge in [0.1, 0.15) is 17.0 Å². The summed E-state index contributed by atoms with van der Waals surface area (Å²) in [5.74, 6) is 1.63. The monoisotopic (exact) mass is 312 g/mol. The summed E-state index contributed by atoms with van der Waals surface area (Å²) in [6.07, 6.45) is 1.05. The van der Waals surface area contributed by atoms with Crippen LogP contribution in [0.1, 0.15) is 35.4 Å². The van der Waals surface area contributed by atoms with Crippen molar-refractivity contribution in [3.8, 4) is 0 Å². The SMILES string of the molecule is Cc1cc(C)n(C2CCN(c3nc(C)nc4onc(C)c34)C2)n1. The molecular formula is C16H20N6O. The van der Waals surface area contributed by atoms with Crippen LogP contribution in [0, 0.1) is 27.7 Å². The van der Waals surface area contributed by atoms with Crippen LogP contribution in [0.4, 0.5) is 5.82 Å². The average molecular weight is 312 g/mol. The van der Waals surface area contributed by atoms with Crippen LogP contribution in [-0.4, -0.2) is 38.0 Å². The Kier molecular flexibility index (Phi) is 3.11. The number of hydrogen-bond donors (Lipinski definition) is 0. The Morgan fingerprint density at radius 1 is 1.17 bits per heavy atom. The summed E-state index contributed by atoms with van der Waals surface area (Å²) >= 11 is 0. The molecule has 120 valence electrons. The normalized spacial score (nSPS) is 18.3. The van der Waals surface area contributed by atoms with Crippen molar-refractivity contribution in [3.63, 3.8) is 0 Å². The van der Waals surface area contributed by atoms with E-state index >= 15 is 0 Å². The summed E-state index contributed by atoms with van der Waals surface area (Å²) in [5.41, 5.74) is 3.68. The quantitative estimate of drug-likeness (QED) is 0.724. The molecule has 0 aromatic carbocycles. The highest BCUT2D eigenvalue weighted by Gasteiger charge is 2.29. The minimum absolute atomic E-state index is 0.370. The Morgan fingerprint density at radius 2 is 2.00 bits per heavy atom. The van der Waals surface area contributed by atoms with E-state index in [0.717, 1.165) is 42.1 Å². The molecule has 1 atom stereocenters. The molecule has 0 spiro atoms. The number of fused-ring (bicyclic) bond motifs is 1. The number of hydrogen-bond acceptors (Lipinski definition) is 6. The van der Waals surface area contributed by atoms with Gasteiger partial charge in [-0.05, 0) is 40.2 Å². The molecule has 1 fully saturated rings. The smallest absolute Gasteiger partial charge is 0.263 e. The molecule has 0 saturated carbocycles. The van der Waals surface area contributed by atoms with E-state index in [-0.39, 0.29) is 0 Å². The van der Waals surface area contributed by atoms with Gasteiger partial charge in [0.2, 0.25) is 0 Å². The molecule has 3 aromatic heterocycles. The van der Waals surface area contributed by atoms with Crippen LogP contribution < -0.4 is 4.90 Å². The molecular weight excluding hydrogens is 292 g/mol. The molecule has 4 heterocycles. The lowest BCUT2D eigenvalue weighted by atomic mass is 10.2. The summed E-state index contributed by atoms with van der Waals surface area (Å²) in [5, 5.41) is 9.60. The summed E-state index contributed by atoms with van der Waals surface area (Å²) in [7, 11) is 0. The Labute approximate surface area is 134 Å². The molecule has 7 heteroatoms. The fraction of sp³-hybridized carbons (Fsp3) is 0.500. The minimum Gasteiger partial charge on any atom is -0.354 e. The first kappa shape index (κ1) is 14.2. The van der Waals surface area contributed by atoms with Gasteiger partial charge in [-0.3, -0.25) is 4.68 Å². The van der Waals surface area contributed by atoms with Crippen molar-refractivity contribution >= 4 is 16.9 Å². The zero-order valence-electron chi connectivity index (χ0n) is 13.9. The third kappa shape index (κ3) is 2.27. The first-order valence-electron chi connectivity index (χ1n) is 7.91. The highest BCUT2D eigenvalue weighted by atomic mass is 16.5. The van der Waals surface area contributed by atoms with Gasteiger partial charge < -0.3 is 9.42 Å². The molecule has 4 rings (SSSR count). The second-order valence-electron chi connectivity index (χ2n) is 6.30. The van der Waals surface area contributed by atoms with E-state index in [1.807, 2.05) is 20.8 Å². The van der Waals surface area contributed by atoms with Gasteiger partial charge in [0.15, 0.2) is 0 Å². The summed E-state index contributed by atoms with van der Waals surface area (Å²) in [4.78, 5) is 11.3. The molecule has 1 saturated heterocycles. The van der Waals surface area contributed by atoms with E-state index in [1.54, 1.807) is 0 Å². The van der Waals surface area contributed by atoms with Gasteiger partial charge in [0.05, 0.1) is 17.4 Å². The molecule has 0 aliphatic carbocycles. The van der Waals surface area contributed by atoms with Gasteiger partial charge in [0.25, 0.3) is 5.71 Å². The van der Waals surface area contributed by atoms with Crippen molar-refractivity contribution in [2.75, 3.05) is 18.0 Å². The van der Waals surface area contributed by atoms with Crippen LogP contribution in [0.5, 0.6) is 0 Å². The van der Waals surface area contributed by atoms with E-state index in [1.165, 1.54) is 5.69 Å². The number of nitrogens with zero attached hydrogens (tertiary/aromatic N) is 6. The van der Waals surface area contributed by atoms with E-state index < -0.39 is 0 Å². The Bertz CT molecular complexity index is 880. The van der Waals surface area contributed by atoms with E-state index in [2.05, 4.69) is 42.8 Å². The zero-order chi connectivity index (χ0) is 16.1. The highest BCUT2D eigenvalue weighted by molar-refractivity contribution is 5.88. The molecule has 1 aliphatic heterocycles. The van der Waals surface area contributed by atoms with Crippen LogP contribution in [0.15, 0.2) is 10.6 Å². The van der Waals surface area contributed by atoms with Crippen LogP contribution in [0.3, 0.4) is 0 Å². The zero-order valence-corrected chi connectivity index (χ0v) is 13.9.